The van der Waals surface area contributed by atoms with E-state index in [4.69, 9.17) is 4.55 Å². The minimum atomic E-state index is -2.62. The first-order valence-corrected chi connectivity index (χ1v) is 12.1. The zero-order valence-corrected chi connectivity index (χ0v) is 16.7. The summed E-state index contributed by atoms with van der Waals surface area (Å²) in [6, 6.07) is 0. The van der Waals surface area contributed by atoms with Gasteiger partial charge in [0.25, 0.3) is 0 Å². The third-order valence-corrected chi connectivity index (χ3v) is 5.34. The molecular formula is C20H42O2S. The lowest BCUT2D eigenvalue weighted by Crippen LogP contribution is -1.97. The summed E-state index contributed by atoms with van der Waals surface area (Å²) in [4.78, 5) is 0. The molecule has 0 aromatic rings. The van der Waals surface area contributed by atoms with Crippen molar-refractivity contribution in [3.05, 3.63) is 0 Å². The Kier molecular flexibility index (Phi) is 16.8. The van der Waals surface area contributed by atoms with Gasteiger partial charge in [-0.25, -0.2) is 4.21 Å². The maximum atomic E-state index is 11.0. The average molecular weight is 347 g/mol. The quantitative estimate of drug-likeness (QED) is 0.231. The predicted molar refractivity (Wildman–Crippen MR) is 107 cm³/mol. The van der Waals surface area contributed by atoms with Gasteiger partial charge < -0.3 is 4.55 Å². The van der Waals surface area contributed by atoms with Crippen LogP contribution < -0.4 is 0 Å². The smallest absolute Gasteiger partial charge is 0.0747 e. The first kappa shape index (κ1) is 23.0. The van der Waals surface area contributed by atoms with Gasteiger partial charge in [0.05, 0.1) is 9.80 Å². The van der Waals surface area contributed by atoms with Gasteiger partial charge in [0.15, 0.2) is 0 Å². The monoisotopic (exact) mass is 346 g/mol. The summed E-state index contributed by atoms with van der Waals surface area (Å²) in [7, 11) is -2.62. The van der Waals surface area contributed by atoms with Crippen LogP contribution in [0.2, 0.25) is 0 Å². The topological polar surface area (TPSA) is 37.3 Å². The molecular weight excluding hydrogens is 304 g/mol. The van der Waals surface area contributed by atoms with Crippen LogP contribution in [0.5, 0.6) is 0 Å². The number of rotatable bonds is 17. The molecule has 0 aliphatic heterocycles. The Morgan fingerprint density at radius 1 is 0.652 bits per heavy atom. The molecule has 0 saturated heterocycles. The van der Waals surface area contributed by atoms with E-state index in [-0.39, 0.29) is 0 Å². The molecule has 0 amide bonds. The molecule has 0 rings (SSSR count). The van der Waals surface area contributed by atoms with Crippen molar-refractivity contribution in [1.29, 1.82) is 0 Å². The highest BCUT2D eigenvalue weighted by atomic mass is 32.2. The molecule has 0 aromatic carbocycles. The van der Waals surface area contributed by atoms with Crippen LogP contribution in [0, 0.1) is 0 Å². The van der Waals surface area contributed by atoms with Crippen LogP contribution in [0.25, 0.3) is 0 Å². The fourth-order valence-electron chi connectivity index (χ4n) is 2.99. The van der Waals surface area contributed by atoms with Crippen LogP contribution in [0.3, 0.4) is 0 Å². The molecule has 0 aromatic heterocycles. The molecule has 23 heavy (non-hydrogen) atoms. The van der Waals surface area contributed by atoms with E-state index >= 15 is 0 Å². The molecule has 1 N–H and O–H groups in total. The summed E-state index contributed by atoms with van der Waals surface area (Å²) in [5, 5.41) is 1.57. The third kappa shape index (κ3) is 22.0. The largest absolute Gasteiger partial charge is 0.314 e. The van der Waals surface area contributed by atoms with E-state index < -0.39 is 9.80 Å². The summed E-state index contributed by atoms with van der Waals surface area (Å²) >= 11 is 0. The molecule has 3 heteroatoms. The SMILES string of the molecule is CCCCCCCCCCCCCCCCCCC=S(C)(=O)O. The minimum absolute atomic E-state index is 0.782. The van der Waals surface area contributed by atoms with Crippen molar-refractivity contribution in [1.82, 2.24) is 0 Å². The van der Waals surface area contributed by atoms with Crippen LogP contribution >= 0.6 is 0 Å². The normalized spacial score (nSPS) is 13.9. The molecule has 0 aliphatic carbocycles. The van der Waals surface area contributed by atoms with E-state index in [9.17, 15) is 4.21 Å². The van der Waals surface area contributed by atoms with Gasteiger partial charge in [-0.1, -0.05) is 103 Å². The number of unbranched alkanes of at least 4 members (excludes halogenated alkanes) is 16. The van der Waals surface area contributed by atoms with E-state index in [0.717, 1.165) is 12.8 Å². The average Bonchev–Trinajstić information content (AvgIpc) is 2.49. The van der Waals surface area contributed by atoms with Crippen molar-refractivity contribution in [3.8, 4) is 0 Å². The molecule has 1 atom stereocenters. The Morgan fingerprint density at radius 3 is 1.26 bits per heavy atom. The van der Waals surface area contributed by atoms with Crippen LogP contribution in [0.4, 0.5) is 0 Å². The van der Waals surface area contributed by atoms with Crippen molar-refractivity contribution in [3.63, 3.8) is 0 Å². The summed E-state index contributed by atoms with van der Waals surface area (Å²) in [5.74, 6) is 0. The lowest BCUT2D eigenvalue weighted by molar-refractivity contribution is 0.530. The molecule has 0 bridgehead atoms. The Balaban J connectivity index is 3.07. The molecule has 0 aliphatic rings. The molecule has 0 fully saturated rings. The molecule has 1 unspecified atom stereocenters. The van der Waals surface area contributed by atoms with Crippen LogP contribution in [-0.4, -0.2) is 20.4 Å². The van der Waals surface area contributed by atoms with E-state index in [1.807, 2.05) is 0 Å². The molecule has 0 radical (unpaired) electrons. The van der Waals surface area contributed by atoms with E-state index in [1.54, 1.807) is 5.37 Å². The Bertz CT molecular complexity index is 336. The third-order valence-electron chi connectivity index (χ3n) is 4.48. The van der Waals surface area contributed by atoms with Crippen LogP contribution in [0.1, 0.15) is 116 Å². The van der Waals surface area contributed by atoms with E-state index in [1.165, 1.54) is 103 Å². The number of hydrogen-bond acceptors (Lipinski definition) is 1. The van der Waals surface area contributed by atoms with Gasteiger partial charge in [-0.3, -0.25) is 0 Å². The van der Waals surface area contributed by atoms with Crippen molar-refractivity contribution in [2.75, 3.05) is 6.26 Å². The van der Waals surface area contributed by atoms with Gasteiger partial charge in [0.2, 0.25) is 0 Å². The maximum Gasteiger partial charge on any atom is 0.0747 e. The summed E-state index contributed by atoms with van der Waals surface area (Å²) in [6.45, 7) is 2.28. The van der Waals surface area contributed by atoms with Crippen molar-refractivity contribution in [2.24, 2.45) is 0 Å². The number of hydrogen-bond donors (Lipinski definition) is 1. The highest BCUT2D eigenvalue weighted by Crippen LogP contribution is 2.13. The van der Waals surface area contributed by atoms with Gasteiger partial charge in [-0.05, 0) is 18.2 Å². The van der Waals surface area contributed by atoms with Gasteiger partial charge in [-0.2, -0.15) is 0 Å². The lowest BCUT2D eigenvalue weighted by atomic mass is 10.0. The van der Waals surface area contributed by atoms with Crippen LogP contribution in [0.15, 0.2) is 0 Å². The molecule has 0 spiro atoms. The molecule has 140 valence electrons. The van der Waals surface area contributed by atoms with Gasteiger partial charge in [0, 0.05) is 6.26 Å². The van der Waals surface area contributed by atoms with Gasteiger partial charge >= 0.3 is 0 Å². The summed E-state index contributed by atoms with van der Waals surface area (Å²) < 4.78 is 20.2. The predicted octanol–water partition coefficient (Wildman–Crippen LogP) is 6.83. The van der Waals surface area contributed by atoms with Crippen molar-refractivity contribution >= 4 is 15.2 Å². The molecule has 0 heterocycles. The molecule has 2 nitrogen and oxygen atoms in total. The van der Waals surface area contributed by atoms with Crippen LogP contribution in [-0.2, 0) is 9.80 Å². The van der Waals surface area contributed by atoms with E-state index in [0.29, 0.717) is 0 Å². The van der Waals surface area contributed by atoms with Crippen molar-refractivity contribution < 1.29 is 8.76 Å². The Morgan fingerprint density at radius 2 is 0.957 bits per heavy atom. The van der Waals surface area contributed by atoms with Crippen molar-refractivity contribution in [2.45, 2.75) is 116 Å². The second-order valence-corrected chi connectivity index (χ2v) is 9.18. The zero-order valence-electron chi connectivity index (χ0n) is 15.9. The second-order valence-electron chi connectivity index (χ2n) is 7.12. The molecule has 0 saturated carbocycles. The minimum Gasteiger partial charge on any atom is -0.314 e. The summed E-state index contributed by atoms with van der Waals surface area (Å²) in [6.07, 6.45) is 24.0. The zero-order chi connectivity index (χ0) is 17.2. The van der Waals surface area contributed by atoms with Gasteiger partial charge in [0.1, 0.15) is 0 Å². The van der Waals surface area contributed by atoms with E-state index in [2.05, 4.69) is 6.92 Å². The summed E-state index contributed by atoms with van der Waals surface area (Å²) in [5.41, 5.74) is 0. The first-order valence-electron chi connectivity index (χ1n) is 10.1. The second kappa shape index (κ2) is 16.8. The highest BCUT2D eigenvalue weighted by molar-refractivity contribution is 7.95. The fourth-order valence-corrected chi connectivity index (χ4v) is 3.60. The first-order chi connectivity index (χ1) is 11.1. The Hall–Kier alpha value is -0.0200. The van der Waals surface area contributed by atoms with Gasteiger partial charge in [-0.15, -0.1) is 0 Å². The highest BCUT2D eigenvalue weighted by Gasteiger charge is 1.95. The maximum absolute atomic E-state index is 11.0. The fraction of sp³-hybridized carbons (Fsp3) is 0.950. The standard InChI is InChI=1S/C20H42O2S/c1-3-4-5-6-7-8-9-10-11-12-13-14-15-16-17-18-19-20-23(2,21)22/h20H,3-19H2,1-2H3,(H,21,22). The lowest BCUT2D eigenvalue weighted by Gasteiger charge is -2.03. The Labute approximate surface area is 146 Å².